The van der Waals surface area contributed by atoms with Gasteiger partial charge in [0.25, 0.3) is 0 Å². The second-order valence-electron chi connectivity index (χ2n) is 8.14. The molecule has 28 heavy (non-hydrogen) atoms. The Kier molecular flexibility index (Phi) is 5.40. The molecule has 1 aliphatic heterocycles. The monoisotopic (exact) mass is 383 g/mol. The summed E-state index contributed by atoms with van der Waals surface area (Å²) in [6.07, 6.45) is 2.16. The van der Waals surface area contributed by atoms with Gasteiger partial charge in [-0.3, -0.25) is 4.79 Å². The number of hydrogen-bond acceptors (Lipinski definition) is 5. The molecule has 0 spiro atoms. The average Bonchev–Trinajstić information content (AvgIpc) is 3.45. The molecule has 2 aliphatic rings. The SMILES string of the molecule is Cc1cccc(-c2noc(N3CCOCC3)c2CN(C(=O)C(C)C)C2CC2)c1. The molecule has 1 saturated carbocycles. The van der Waals surface area contributed by atoms with E-state index in [1.54, 1.807) is 0 Å². The van der Waals surface area contributed by atoms with Crippen molar-refractivity contribution in [1.82, 2.24) is 10.1 Å². The van der Waals surface area contributed by atoms with Gasteiger partial charge in [-0.15, -0.1) is 0 Å². The van der Waals surface area contributed by atoms with Crippen LogP contribution in [0.4, 0.5) is 5.88 Å². The number of amides is 1. The number of benzene rings is 1. The maximum absolute atomic E-state index is 12.9. The van der Waals surface area contributed by atoms with Gasteiger partial charge in [0.05, 0.1) is 25.3 Å². The molecule has 0 atom stereocenters. The number of aromatic nitrogens is 1. The Labute approximate surface area is 166 Å². The van der Waals surface area contributed by atoms with E-state index in [2.05, 4.69) is 35.2 Å². The molecule has 2 fully saturated rings. The molecule has 0 radical (unpaired) electrons. The van der Waals surface area contributed by atoms with Gasteiger partial charge in [-0.25, -0.2) is 0 Å². The van der Waals surface area contributed by atoms with Crippen molar-refractivity contribution in [3.05, 3.63) is 35.4 Å². The molecule has 6 heteroatoms. The largest absolute Gasteiger partial charge is 0.378 e. The maximum atomic E-state index is 12.9. The molecular weight excluding hydrogens is 354 g/mol. The number of anilines is 1. The zero-order chi connectivity index (χ0) is 19.7. The highest BCUT2D eigenvalue weighted by atomic mass is 16.5. The first-order valence-corrected chi connectivity index (χ1v) is 10.2. The van der Waals surface area contributed by atoms with E-state index in [0.717, 1.165) is 48.6 Å². The normalized spacial score (nSPS) is 17.2. The van der Waals surface area contributed by atoms with Crippen molar-refractivity contribution in [3.8, 4) is 11.3 Å². The Hall–Kier alpha value is -2.34. The van der Waals surface area contributed by atoms with E-state index in [4.69, 9.17) is 9.26 Å². The van der Waals surface area contributed by atoms with Gasteiger partial charge in [0.2, 0.25) is 11.8 Å². The summed E-state index contributed by atoms with van der Waals surface area (Å²) < 4.78 is 11.4. The van der Waals surface area contributed by atoms with Gasteiger partial charge in [-0.2, -0.15) is 0 Å². The van der Waals surface area contributed by atoms with E-state index in [1.165, 1.54) is 5.56 Å². The molecule has 6 nitrogen and oxygen atoms in total. The third-order valence-corrected chi connectivity index (χ3v) is 5.45. The van der Waals surface area contributed by atoms with Crippen LogP contribution in [-0.2, 0) is 16.1 Å². The van der Waals surface area contributed by atoms with E-state index in [-0.39, 0.29) is 11.8 Å². The summed E-state index contributed by atoms with van der Waals surface area (Å²) in [4.78, 5) is 17.1. The molecule has 1 aromatic heterocycles. The van der Waals surface area contributed by atoms with Crippen molar-refractivity contribution < 1.29 is 14.1 Å². The lowest BCUT2D eigenvalue weighted by atomic mass is 10.0. The number of aryl methyl sites for hydroxylation is 1. The quantitative estimate of drug-likeness (QED) is 0.762. The van der Waals surface area contributed by atoms with Crippen LogP contribution in [0.3, 0.4) is 0 Å². The Morgan fingerprint density at radius 2 is 2.04 bits per heavy atom. The highest BCUT2D eigenvalue weighted by Gasteiger charge is 2.36. The van der Waals surface area contributed by atoms with Crippen LogP contribution in [0.5, 0.6) is 0 Å². The molecule has 1 amide bonds. The number of rotatable bonds is 6. The van der Waals surface area contributed by atoms with Crippen LogP contribution < -0.4 is 4.90 Å². The smallest absolute Gasteiger partial charge is 0.233 e. The predicted molar refractivity (Wildman–Crippen MR) is 108 cm³/mol. The molecule has 2 heterocycles. The lowest BCUT2D eigenvalue weighted by Crippen LogP contribution is -2.38. The Bertz CT molecular complexity index is 835. The van der Waals surface area contributed by atoms with Gasteiger partial charge in [0.1, 0.15) is 5.69 Å². The van der Waals surface area contributed by atoms with Gasteiger partial charge in [0.15, 0.2) is 0 Å². The van der Waals surface area contributed by atoms with Crippen LogP contribution in [0.25, 0.3) is 11.3 Å². The molecule has 1 aliphatic carbocycles. The van der Waals surface area contributed by atoms with E-state index in [0.29, 0.717) is 25.8 Å². The minimum absolute atomic E-state index is 0.0188. The zero-order valence-corrected chi connectivity index (χ0v) is 17.0. The number of ether oxygens (including phenoxy) is 1. The van der Waals surface area contributed by atoms with E-state index in [9.17, 15) is 4.79 Å². The summed E-state index contributed by atoms with van der Waals surface area (Å²) in [6.45, 7) is 9.46. The van der Waals surface area contributed by atoms with Crippen LogP contribution in [0, 0.1) is 12.8 Å². The lowest BCUT2D eigenvalue weighted by Gasteiger charge is -2.29. The summed E-state index contributed by atoms with van der Waals surface area (Å²) in [5, 5.41) is 4.44. The summed E-state index contributed by atoms with van der Waals surface area (Å²) in [7, 11) is 0. The summed E-state index contributed by atoms with van der Waals surface area (Å²) in [5.74, 6) is 0.962. The number of morpholine rings is 1. The van der Waals surface area contributed by atoms with Crippen molar-refractivity contribution in [1.29, 1.82) is 0 Å². The van der Waals surface area contributed by atoms with Crippen molar-refractivity contribution in [2.45, 2.75) is 46.2 Å². The molecular formula is C22H29N3O3. The summed E-state index contributed by atoms with van der Waals surface area (Å²) in [5.41, 5.74) is 4.06. The zero-order valence-electron chi connectivity index (χ0n) is 17.0. The second kappa shape index (κ2) is 7.95. The molecule has 2 aromatic rings. The van der Waals surface area contributed by atoms with Crippen molar-refractivity contribution in [2.75, 3.05) is 31.2 Å². The second-order valence-corrected chi connectivity index (χ2v) is 8.14. The molecule has 0 unspecified atom stereocenters. The number of nitrogens with zero attached hydrogens (tertiary/aromatic N) is 3. The number of hydrogen-bond donors (Lipinski definition) is 0. The van der Waals surface area contributed by atoms with Gasteiger partial charge < -0.3 is 19.1 Å². The first kappa shape index (κ1) is 19.0. The standard InChI is InChI=1S/C22H29N3O3/c1-15(2)21(26)25(18-7-8-18)14-19-20(17-6-4-5-16(3)13-17)23-28-22(19)24-9-11-27-12-10-24/h4-6,13,15,18H,7-12,14H2,1-3H3. The third-order valence-electron chi connectivity index (χ3n) is 5.45. The molecule has 1 saturated heterocycles. The van der Waals surface area contributed by atoms with Gasteiger partial charge in [-0.1, -0.05) is 42.8 Å². The van der Waals surface area contributed by atoms with Gasteiger partial charge in [-0.05, 0) is 25.8 Å². The topological polar surface area (TPSA) is 58.8 Å². The first-order chi connectivity index (χ1) is 13.5. The molecule has 4 rings (SSSR count). The molecule has 150 valence electrons. The summed E-state index contributed by atoms with van der Waals surface area (Å²) >= 11 is 0. The van der Waals surface area contributed by atoms with E-state index < -0.39 is 0 Å². The number of carbonyl (C=O) groups excluding carboxylic acids is 1. The Balaban J connectivity index is 1.73. The molecule has 0 bridgehead atoms. The van der Waals surface area contributed by atoms with Crippen LogP contribution in [0.1, 0.15) is 37.8 Å². The minimum atomic E-state index is -0.0188. The van der Waals surface area contributed by atoms with E-state index in [1.807, 2.05) is 24.8 Å². The minimum Gasteiger partial charge on any atom is -0.378 e. The maximum Gasteiger partial charge on any atom is 0.233 e. The van der Waals surface area contributed by atoms with Crippen molar-refractivity contribution in [3.63, 3.8) is 0 Å². The number of carbonyl (C=O) groups is 1. The van der Waals surface area contributed by atoms with E-state index >= 15 is 0 Å². The van der Waals surface area contributed by atoms with Gasteiger partial charge >= 0.3 is 0 Å². The average molecular weight is 383 g/mol. The van der Waals surface area contributed by atoms with Crippen molar-refractivity contribution in [2.24, 2.45) is 5.92 Å². The Morgan fingerprint density at radius 1 is 1.29 bits per heavy atom. The van der Waals surface area contributed by atoms with Crippen LogP contribution >= 0.6 is 0 Å². The first-order valence-electron chi connectivity index (χ1n) is 10.2. The molecule has 0 N–H and O–H groups in total. The molecule has 1 aromatic carbocycles. The highest BCUT2D eigenvalue weighted by Crippen LogP contribution is 2.37. The Morgan fingerprint density at radius 3 is 2.68 bits per heavy atom. The third kappa shape index (κ3) is 3.92. The fraction of sp³-hybridized carbons (Fsp3) is 0.545. The fourth-order valence-corrected chi connectivity index (χ4v) is 3.75. The van der Waals surface area contributed by atoms with Crippen molar-refractivity contribution >= 4 is 11.8 Å². The highest BCUT2D eigenvalue weighted by molar-refractivity contribution is 5.79. The van der Waals surface area contributed by atoms with Crippen LogP contribution in [0.15, 0.2) is 28.8 Å². The fourth-order valence-electron chi connectivity index (χ4n) is 3.75. The van der Waals surface area contributed by atoms with Crippen LogP contribution in [0.2, 0.25) is 0 Å². The van der Waals surface area contributed by atoms with Gasteiger partial charge in [0, 0.05) is 30.6 Å². The summed E-state index contributed by atoms with van der Waals surface area (Å²) in [6, 6.07) is 8.63. The van der Waals surface area contributed by atoms with Crippen LogP contribution in [-0.4, -0.2) is 48.3 Å². The lowest BCUT2D eigenvalue weighted by molar-refractivity contribution is -0.135. The predicted octanol–water partition coefficient (Wildman–Crippen LogP) is 3.63.